The van der Waals surface area contributed by atoms with Crippen LogP contribution in [0.3, 0.4) is 0 Å². The molecule has 1 aromatic heterocycles. The second kappa shape index (κ2) is 6.18. The molecule has 1 saturated heterocycles. The third-order valence-corrected chi connectivity index (χ3v) is 4.45. The Morgan fingerprint density at radius 2 is 2.00 bits per heavy atom. The van der Waals surface area contributed by atoms with Crippen molar-refractivity contribution in [2.45, 2.75) is 32.6 Å². The molecule has 2 rings (SSSR count). The molecule has 1 aromatic rings. The van der Waals surface area contributed by atoms with Crippen molar-refractivity contribution in [2.75, 3.05) is 28.5 Å². The van der Waals surface area contributed by atoms with Gasteiger partial charge in [-0.25, -0.2) is 8.42 Å². The van der Waals surface area contributed by atoms with Crippen LogP contribution in [0.5, 0.6) is 0 Å². The first kappa shape index (κ1) is 14.0. The fourth-order valence-corrected chi connectivity index (χ4v) is 3.24. The minimum atomic E-state index is -3.29. The average Bonchev–Trinajstić information content (AvgIpc) is 2.91. The highest BCUT2D eigenvalue weighted by molar-refractivity contribution is 7.92. The molecule has 1 aliphatic rings. The maximum atomic E-state index is 11.7. The fraction of sp³-hybridized carbons (Fsp3) is 0.667. The number of sulfonamides is 1. The van der Waals surface area contributed by atoms with Gasteiger partial charge in [-0.1, -0.05) is 13.3 Å². The molecule has 0 aliphatic carbocycles. The van der Waals surface area contributed by atoms with Gasteiger partial charge < -0.3 is 4.90 Å². The lowest BCUT2D eigenvalue weighted by atomic mass is 10.4. The van der Waals surface area contributed by atoms with E-state index in [1.807, 2.05) is 13.0 Å². The van der Waals surface area contributed by atoms with E-state index in [1.54, 1.807) is 6.07 Å². The molecule has 0 amide bonds. The average molecular weight is 284 g/mol. The van der Waals surface area contributed by atoms with Gasteiger partial charge in [-0.05, 0) is 31.4 Å². The second-order valence-electron chi connectivity index (χ2n) is 4.75. The summed E-state index contributed by atoms with van der Waals surface area (Å²) in [5.41, 5.74) is 0. The number of rotatable bonds is 6. The van der Waals surface area contributed by atoms with Crippen LogP contribution in [-0.4, -0.2) is 37.5 Å². The van der Waals surface area contributed by atoms with Crippen molar-refractivity contribution in [3.8, 4) is 0 Å². The number of aromatic nitrogens is 2. The van der Waals surface area contributed by atoms with Crippen LogP contribution in [0.15, 0.2) is 12.1 Å². The van der Waals surface area contributed by atoms with Crippen molar-refractivity contribution in [2.24, 2.45) is 0 Å². The van der Waals surface area contributed by atoms with E-state index in [0.29, 0.717) is 12.2 Å². The molecule has 0 saturated carbocycles. The summed E-state index contributed by atoms with van der Waals surface area (Å²) in [4.78, 5) is 2.16. The molecule has 0 bridgehead atoms. The van der Waals surface area contributed by atoms with Crippen LogP contribution in [0.1, 0.15) is 32.6 Å². The molecule has 6 nitrogen and oxygen atoms in total. The Balaban J connectivity index is 1.98. The summed E-state index contributed by atoms with van der Waals surface area (Å²) in [6, 6.07) is 3.49. The van der Waals surface area contributed by atoms with Gasteiger partial charge in [-0.2, -0.15) is 0 Å². The number of hydrogen-bond acceptors (Lipinski definition) is 5. The van der Waals surface area contributed by atoms with Crippen molar-refractivity contribution in [3.63, 3.8) is 0 Å². The zero-order valence-electron chi connectivity index (χ0n) is 11.2. The highest BCUT2D eigenvalue weighted by Crippen LogP contribution is 2.17. The molecule has 2 heterocycles. The van der Waals surface area contributed by atoms with Crippen LogP contribution in [0.4, 0.5) is 11.6 Å². The smallest absolute Gasteiger partial charge is 0.233 e. The molecular weight excluding hydrogens is 264 g/mol. The summed E-state index contributed by atoms with van der Waals surface area (Å²) in [6.07, 6.45) is 3.84. The van der Waals surface area contributed by atoms with E-state index in [1.165, 1.54) is 12.8 Å². The number of hydrogen-bond donors (Lipinski definition) is 1. The molecule has 7 heteroatoms. The molecule has 1 fully saturated rings. The topological polar surface area (TPSA) is 75.2 Å². The predicted molar refractivity (Wildman–Crippen MR) is 75.8 cm³/mol. The minimum Gasteiger partial charge on any atom is -0.355 e. The molecule has 0 spiro atoms. The number of nitrogens with one attached hydrogen (secondary N) is 1. The first-order chi connectivity index (χ1) is 9.11. The van der Waals surface area contributed by atoms with Gasteiger partial charge in [0.25, 0.3) is 0 Å². The van der Waals surface area contributed by atoms with Crippen LogP contribution >= 0.6 is 0 Å². The first-order valence-corrected chi connectivity index (χ1v) is 8.35. The second-order valence-corrected chi connectivity index (χ2v) is 6.59. The molecule has 106 valence electrons. The monoisotopic (exact) mass is 284 g/mol. The van der Waals surface area contributed by atoms with Crippen LogP contribution in [-0.2, 0) is 10.0 Å². The largest absolute Gasteiger partial charge is 0.355 e. The zero-order chi connectivity index (χ0) is 13.7. The lowest BCUT2D eigenvalue weighted by Gasteiger charge is -2.15. The van der Waals surface area contributed by atoms with Gasteiger partial charge in [-0.3, -0.25) is 4.72 Å². The predicted octanol–water partition coefficient (Wildman–Crippen LogP) is 1.62. The molecule has 0 atom stereocenters. The fourth-order valence-electron chi connectivity index (χ4n) is 2.04. The highest BCUT2D eigenvalue weighted by atomic mass is 32.2. The number of nitrogens with zero attached hydrogens (tertiary/aromatic N) is 3. The van der Waals surface area contributed by atoms with Crippen LogP contribution in [0.2, 0.25) is 0 Å². The van der Waals surface area contributed by atoms with Crippen molar-refractivity contribution < 1.29 is 8.42 Å². The van der Waals surface area contributed by atoms with Crippen molar-refractivity contribution >= 4 is 21.7 Å². The van der Waals surface area contributed by atoms with E-state index in [-0.39, 0.29) is 5.75 Å². The van der Waals surface area contributed by atoms with Gasteiger partial charge >= 0.3 is 0 Å². The number of unbranched alkanes of at least 4 members (excludes halogenated alkanes) is 1. The molecule has 1 aliphatic heterocycles. The van der Waals surface area contributed by atoms with Gasteiger partial charge in [-0.15, -0.1) is 10.2 Å². The van der Waals surface area contributed by atoms with E-state index in [9.17, 15) is 8.42 Å². The normalized spacial score (nSPS) is 15.7. The molecule has 0 unspecified atom stereocenters. The molecule has 1 N–H and O–H groups in total. The zero-order valence-corrected chi connectivity index (χ0v) is 12.0. The molecular formula is C12H20N4O2S. The van der Waals surface area contributed by atoms with Crippen molar-refractivity contribution in [1.29, 1.82) is 0 Å². The maximum Gasteiger partial charge on any atom is 0.233 e. The van der Waals surface area contributed by atoms with E-state index in [0.717, 1.165) is 25.3 Å². The summed E-state index contributed by atoms with van der Waals surface area (Å²) in [6.45, 7) is 3.95. The third-order valence-electron chi connectivity index (χ3n) is 3.11. The number of anilines is 2. The Labute approximate surface area is 114 Å². The summed E-state index contributed by atoms with van der Waals surface area (Å²) in [5.74, 6) is 1.23. The lowest BCUT2D eigenvalue weighted by Crippen LogP contribution is -2.21. The lowest BCUT2D eigenvalue weighted by molar-refractivity contribution is 0.597. The SMILES string of the molecule is CCCCS(=O)(=O)Nc1ccc(N2CCCC2)nn1. The Morgan fingerprint density at radius 3 is 2.58 bits per heavy atom. The van der Waals surface area contributed by atoms with Crippen molar-refractivity contribution in [3.05, 3.63) is 12.1 Å². The van der Waals surface area contributed by atoms with Gasteiger partial charge in [0, 0.05) is 13.1 Å². The van der Waals surface area contributed by atoms with Crippen molar-refractivity contribution in [1.82, 2.24) is 10.2 Å². The Kier molecular flexibility index (Phi) is 4.57. The summed E-state index contributed by atoms with van der Waals surface area (Å²) >= 11 is 0. The highest BCUT2D eigenvalue weighted by Gasteiger charge is 2.15. The van der Waals surface area contributed by atoms with E-state index in [2.05, 4.69) is 19.8 Å². The summed E-state index contributed by atoms with van der Waals surface area (Å²) in [7, 11) is -3.29. The maximum absolute atomic E-state index is 11.7. The van der Waals surface area contributed by atoms with Gasteiger partial charge in [0.05, 0.1) is 5.75 Å². The Bertz CT molecular complexity index is 495. The quantitative estimate of drug-likeness (QED) is 0.859. The Hall–Kier alpha value is -1.37. The van der Waals surface area contributed by atoms with Gasteiger partial charge in [0.15, 0.2) is 11.6 Å². The Morgan fingerprint density at radius 1 is 1.26 bits per heavy atom. The van der Waals surface area contributed by atoms with E-state index < -0.39 is 10.0 Å². The summed E-state index contributed by atoms with van der Waals surface area (Å²) < 4.78 is 25.9. The van der Waals surface area contributed by atoms with Crippen LogP contribution in [0.25, 0.3) is 0 Å². The van der Waals surface area contributed by atoms with Crippen LogP contribution < -0.4 is 9.62 Å². The van der Waals surface area contributed by atoms with E-state index >= 15 is 0 Å². The molecule has 19 heavy (non-hydrogen) atoms. The molecule has 0 radical (unpaired) electrons. The van der Waals surface area contributed by atoms with Gasteiger partial charge in [0.1, 0.15) is 0 Å². The minimum absolute atomic E-state index is 0.124. The standard InChI is InChI=1S/C12H20N4O2S/c1-2-3-10-19(17,18)15-11-6-7-12(14-13-11)16-8-4-5-9-16/h6-7H,2-5,8-10H2,1H3,(H,13,15). The third kappa shape index (κ3) is 4.05. The summed E-state index contributed by atoms with van der Waals surface area (Å²) in [5, 5.41) is 8.01. The van der Waals surface area contributed by atoms with Gasteiger partial charge in [0.2, 0.25) is 10.0 Å². The molecule has 0 aromatic carbocycles. The van der Waals surface area contributed by atoms with Crippen LogP contribution in [0, 0.1) is 0 Å². The first-order valence-electron chi connectivity index (χ1n) is 6.70. The van der Waals surface area contributed by atoms with E-state index in [4.69, 9.17) is 0 Å².